The van der Waals surface area contributed by atoms with Crippen LogP contribution in [-0.2, 0) is 20.6 Å². The number of nitrogens with zero attached hydrogens (tertiary/aromatic N) is 4. The summed E-state index contributed by atoms with van der Waals surface area (Å²) in [6, 6.07) is 4.44. The molecule has 0 radical (unpaired) electrons. The van der Waals surface area contributed by atoms with Crippen molar-refractivity contribution in [2.75, 3.05) is 5.75 Å². The van der Waals surface area contributed by atoms with Gasteiger partial charge in [0.15, 0.2) is 16.3 Å². The molecule has 0 N–H and O–H groups in total. The van der Waals surface area contributed by atoms with Crippen LogP contribution >= 0.6 is 23.4 Å². The lowest BCUT2D eigenvalue weighted by atomic mass is 10.2. The van der Waals surface area contributed by atoms with Crippen LogP contribution in [0.4, 0.5) is 4.39 Å². The molecule has 0 aliphatic rings. The first-order valence-electron chi connectivity index (χ1n) is 7.58. The van der Waals surface area contributed by atoms with Crippen molar-refractivity contribution in [1.29, 1.82) is 0 Å². The van der Waals surface area contributed by atoms with Gasteiger partial charge in [-0.2, -0.15) is 0 Å². The van der Waals surface area contributed by atoms with Gasteiger partial charge in [0.25, 0.3) is 5.56 Å². The Bertz CT molecular complexity index is 1070. The van der Waals surface area contributed by atoms with Crippen molar-refractivity contribution in [2.24, 2.45) is 14.1 Å². The highest BCUT2D eigenvalue weighted by atomic mass is 35.5. The van der Waals surface area contributed by atoms with Gasteiger partial charge in [0.1, 0.15) is 5.82 Å². The zero-order valence-electron chi connectivity index (χ0n) is 13.9. The van der Waals surface area contributed by atoms with Crippen molar-refractivity contribution in [3.05, 3.63) is 55.4 Å². The third-order valence-corrected chi connectivity index (χ3v) is 5.18. The third-order valence-electron chi connectivity index (χ3n) is 3.96. The second kappa shape index (κ2) is 6.68. The smallest absolute Gasteiger partial charge is 0.308 e. The molecule has 2 heterocycles. The SMILES string of the molecule is CCSc1nc2c(c(=O)n(C)c(=O)n2C)n1Cc1c(F)cccc1Cl. The normalized spacial score (nSPS) is 11.4. The minimum atomic E-state index is -0.471. The molecule has 3 rings (SSSR count). The molecule has 0 fully saturated rings. The molecule has 132 valence electrons. The first-order chi connectivity index (χ1) is 11.9. The standard InChI is InChI=1S/C16H16ClFN4O2S/c1-4-25-15-19-13-12(14(23)21(3)16(24)20(13)2)22(15)8-9-10(17)6-5-7-11(9)18/h5-7H,4,8H2,1-3H3. The molecule has 0 aliphatic carbocycles. The number of hydrogen-bond acceptors (Lipinski definition) is 4. The Kier molecular flexibility index (Phi) is 4.75. The summed E-state index contributed by atoms with van der Waals surface area (Å²) in [6.07, 6.45) is 0. The second-order valence-corrected chi connectivity index (χ2v) is 7.13. The summed E-state index contributed by atoms with van der Waals surface area (Å²) in [4.78, 5) is 29.2. The summed E-state index contributed by atoms with van der Waals surface area (Å²) in [5.41, 5.74) is -0.131. The zero-order valence-corrected chi connectivity index (χ0v) is 15.5. The summed E-state index contributed by atoms with van der Waals surface area (Å²) in [5, 5.41) is 0.811. The number of thioether (sulfide) groups is 1. The van der Waals surface area contributed by atoms with Crippen LogP contribution in [0.1, 0.15) is 12.5 Å². The van der Waals surface area contributed by atoms with Gasteiger partial charge in [-0.15, -0.1) is 0 Å². The number of aromatic nitrogens is 4. The zero-order chi connectivity index (χ0) is 18.3. The first-order valence-corrected chi connectivity index (χ1v) is 8.95. The van der Waals surface area contributed by atoms with Gasteiger partial charge in [0, 0.05) is 24.7 Å². The summed E-state index contributed by atoms with van der Waals surface area (Å²) < 4.78 is 18.2. The van der Waals surface area contributed by atoms with E-state index in [1.165, 1.54) is 35.5 Å². The van der Waals surface area contributed by atoms with Crippen molar-refractivity contribution < 1.29 is 4.39 Å². The number of benzene rings is 1. The molecule has 0 unspecified atom stereocenters. The Balaban J connectivity index is 2.35. The van der Waals surface area contributed by atoms with Crippen LogP contribution < -0.4 is 11.2 Å². The van der Waals surface area contributed by atoms with Crippen molar-refractivity contribution in [3.63, 3.8) is 0 Å². The fourth-order valence-electron chi connectivity index (χ4n) is 2.65. The van der Waals surface area contributed by atoms with Gasteiger partial charge in [0.05, 0.1) is 6.54 Å². The van der Waals surface area contributed by atoms with Crippen molar-refractivity contribution in [3.8, 4) is 0 Å². The molecule has 0 amide bonds. The van der Waals surface area contributed by atoms with Gasteiger partial charge >= 0.3 is 5.69 Å². The maximum absolute atomic E-state index is 14.2. The van der Waals surface area contributed by atoms with E-state index in [1.807, 2.05) is 6.92 Å². The van der Waals surface area contributed by atoms with Crippen molar-refractivity contribution >= 4 is 34.5 Å². The molecule has 0 atom stereocenters. The van der Waals surface area contributed by atoms with Crippen LogP contribution in [-0.4, -0.2) is 24.4 Å². The fourth-order valence-corrected chi connectivity index (χ4v) is 3.60. The van der Waals surface area contributed by atoms with Crippen molar-refractivity contribution in [2.45, 2.75) is 18.6 Å². The highest BCUT2D eigenvalue weighted by molar-refractivity contribution is 7.99. The van der Waals surface area contributed by atoms with Gasteiger partial charge in [-0.25, -0.2) is 14.2 Å². The number of aryl methyl sites for hydroxylation is 1. The Morgan fingerprint density at radius 1 is 1.24 bits per heavy atom. The molecular weight excluding hydrogens is 367 g/mol. The van der Waals surface area contributed by atoms with E-state index in [0.717, 1.165) is 4.57 Å². The van der Waals surface area contributed by atoms with E-state index < -0.39 is 17.1 Å². The predicted octanol–water partition coefficient (Wildman–Crippen LogP) is 2.39. The molecule has 3 aromatic rings. The Hall–Kier alpha value is -2.06. The second-order valence-electron chi connectivity index (χ2n) is 5.49. The molecule has 0 aliphatic heterocycles. The van der Waals surface area contributed by atoms with E-state index in [2.05, 4.69) is 4.98 Å². The highest BCUT2D eigenvalue weighted by Gasteiger charge is 2.20. The average molecular weight is 383 g/mol. The average Bonchev–Trinajstić information content (AvgIpc) is 2.93. The topological polar surface area (TPSA) is 61.8 Å². The molecule has 0 saturated carbocycles. The van der Waals surface area contributed by atoms with E-state index in [1.54, 1.807) is 17.7 Å². The summed E-state index contributed by atoms with van der Waals surface area (Å²) >= 11 is 7.55. The third kappa shape index (κ3) is 2.89. The van der Waals surface area contributed by atoms with Crippen LogP contribution in [0.2, 0.25) is 5.02 Å². The molecule has 6 nitrogen and oxygen atoms in total. The monoisotopic (exact) mass is 382 g/mol. The molecule has 0 saturated heterocycles. The van der Waals surface area contributed by atoms with Crippen LogP contribution in [0.15, 0.2) is 32.9 Å². The van der Waals surface area contributed by atoms with Crippen LogP contribution in [0.5, 0.6) is 0 Å². The number of imidazole rings is 1. The molecule has 2 aromatic heterocycles. The van der Waals surface area contributed by atoms with Gasteiger partial charge in [-0.3, -0.25) is 13.9 Å². The maximum atomic E-state index is 14.2. The minimum Gasteiger partial charge on any atom is -0.308 e. The summed E-state index contributed by atoms with van der Waals surface area (Å²) in [6.45, 7) is 2.00. The van der Waals surface area contributed by atoms with E-state index in [9.17, 15) is 14.0 Å². The quantitative estimate of drug-likeness (QED) is 0.650. The number of fused-ring (bicyclic) bond motifs is 1. The van der Waals surface area contributed by atoms with Crippen molar-refractivity contribution in [1.82, 2.24) is 18.7 Å². The lowest BCUT2D eigenvalue weighted by molar-refractivity contribution is 0.593. The molecule has 0 spiro atoms. The molecule has 9 heteroatoms. The Labute approximate surface area is 151 Å². The number of rotatable bonds is 4. The Morgan fingerprint density at radius 2 is 1.96 bits per heavy atom. The lowest BCUT2D eigenvalue weighted by Crippen LogP contribution is -2.37. The summed E-state index contributed by atoms with van der Waals surface area (Å²) in [5.74, 6) is 0.256. The number of halogens is 2. The highest BCUT2D eigenvalue weighted by Crippen LogP contribution is 2.26. The largest absolute Gasteiger partial charge is 0.332 e. The number of hydrogen-bond donors (Lipinski definition) is 0. The first kappa shape index (κ1) is 17.8. The van der Waals surface area contributed by atoms with Crippen LogP contribution in [0, 0.1) is 5.82 Å². The van der Waals surface area contributed by atoms with Gasteiger partial charge in [-0.05, 0) is 17.9 Å². The van der Waals surface area contributed by atoms with Gasteiger partial charge in [-0.1, -0.05) is 36.4 Å². The molecule has 0 bridgehead atoms. The maximum Gasteiger partial charge on any atom is 0.332 e. The van der Waals surface area contributed by atoms with E-state index in [4.69, 9.17) is 11.6 Å². The Morgan fingerprint density at radius 3 is 2.60 bits per heavy atom. The van der Waals surface area contributed by atoms with E-state index in [-0.39, 0.29) is 28.3 Å². The van der Waals surface area contributed by atoms with E-state index >= 15 is 0 Å². The van der Waals surface area contributed by atoms with Gasteiger partial charge in [0.2, 0.25) is 0 Å². The van der Waals surface area contributed by atoms with Crippen LogP contribution in [0.25, 0.3) is 11.2 Å². The molecular formula is C16H16ClFN4O2S. The van der Waals surface area contributed by atoms with E-state index in [0.29, 0.717) is 10.9 Å². The molecule has 1 aromatic carbocycles. The van der Waals surface area contributed by atoms with Crippen LogP contribution in [0.3, 0.4) is 0 Å². The summed E-state index contributed by atoms with van der Waals surface area (Å²) in [7, 11) is 2.96. The van der Waals surface area contributed by atoms with Gasteiger partial charge < -0.3 is 4.57 Å². The fraction of sp³-hybridized carbons (Fsp3) is 0.312. The predicted molar refractivity (Wildman–Crippen MR) is 97.1 cm³/mol. The minimum absolute atomic E-state index is 0.0534. The lowest BCUT2D eigenvalue weighted by Gasteiger charge is -2.11. The molecule has 25 heavy (non-hydrogen) atoms.